The van der Waals surface area contributed by atoms with Gasteiger partial charge in [-0.2, -0.15) is 18.3 Å². The Kier molecular flexibility index (Phi) is 6.99. The zero-order valence-electron chi connectivity index (χ0n) is 20.8. The Bertz CT molecular complexity index is 1470. The Morgan fingerprint density at radius 2 is 1.74 bits per heavy atom. The number of hydrogen-bond donors (Lipinski definition) is 1. The molecule has 1 N–H and O–H groups in total. The average Bonchev–Trinajstić information content (AvgIpc) is 3.34. The summed E-state index contributed by atoms with van der Waals surface area (Å²) in [6, 6.07) is 11.1. The highest BCUT2D eigenvalue weighted by atomic mass is 79.9. The van der Waals surface area contributed by atoms with Gasteiger partial charge in [-0.05, 0) is 43.2 Å². The molecule has 1 amide bonds. The maximum atomic E-state index is 13.6. The van der Waals surface area contributed by atoms with Crippen LogP contribution in [0, 0.1) is 6.92 Å². The van der Waals surface area contributed by atoms with Gasteiger partial charge in [0.1, 0.15) is 12.1 Å². The van der Waals surface area contributed by atoms with Gasteiger partial charge in [0.15, 0.2) is 5.65 Å². The first-order valence-electron chi connectivity index (χ1n) is 12.1. The average molecular weight is 588 g/mol. The molecular formula is C26H25BrF3N7O. The number of anilines is 4. The van der Waals surface area contributed by atoms with Gasteiger partial charge in [0.25, 0.3) is 0 Å². The minimum absolute atomic E-state index is 0.136. The number of carbonyl (C=O) groups excluding carboxylic acids is 1. The maximum Gasteiger partial charge on any atom is 0.472 e. The Balaban J connectivity index is 1.46. The minimum atomic E-state index is -5.04. The Labute approximate surface area is 225 Å². The van der Waals surface area contributed by atoms with Gasteiger partial charge in [0, 0.05) is 42.0 Å². The molecule has 0 spiro atoms. The van der Waals surface area contributed by atoms with Crippen molar-refractivity contribution in [3.05, 3.63) is 64.5 Å². The largest absolute Gasteiger partial charge is 0.472 e. The molecule has 8 nitrogen and oxygen atoms in total. The van der Waals surface area contributed by atoms with E-state index in [9.17, 15) is 18.0 Å². The van der Waals surface area contributed by atoms with E-state index >= 15 is 0 Å². The number of hydrogen-bond acceptors (Lipinski definition) is 6. The number of H-pyrrole nitrogens is 1. The number of benzene rings is 2. The van der Waals surface area contributed by atoms with E-state index in [-0.39, 0.29) is 11.4 Å². The van der Waals surface area contributed by atoms with Crippen molar-refractivity contribution in [2.45, 2.75) is 26.4 Å². The standard InChI is InChI=1S/C26H25BrF3N7O/c1-3-20-22-23(34-33-20)31-15-32-24(22)36-11-9-35(10-12-36)21-14-18(13-19(27)16(21)2)37(25(38)26(28,29)30)17-7-5-4-6-8-17/h4-8,13-15H,3,9-12H2,1-2H3,(H,31,32,33,34). The number of rotatable bonds is 5. The molecule has 38 heavy (non-hydrogen) atoms. The van der Waals surface area contributed by atoms with Crippen molar-refractivity contribution in [3.8, 4) is 0 Å². The number of aromatic nitrogens is 4. The van der Waals surface area contributed by atoms with E-state index in [0.29, 0.717) is 41.2 Å². The smallest absolute Gasteiger partial charge is 0.368 e. The van der Waals surface area contributed by atoms with Crippen LogP contribution in [0.3, 0.4) is 0 Å². The number of aryl methyl sites for hydroxylation is 1. The summed E-state index contributed by atoms with van der Waals surface area (Å²) >= 11 is 3.51. The third kappa shape index (κ3) is 4.80. The predicted octanol–water partition coefficient (Wildman–Crippen LogP) is 5.54. The number of piperazine rings is 1. The summed E-state index contributed by atoms with van der Waals surface area (Å²) in [6.07, 6.45) is -2.77. The van der Waals surface area contributed by atoms with Crippen LogP contribution in [-0.2, 0) is 11.2 Å². The van der Waals surface area contributed by atoms with Crippen LogP contribution >= 0.6 is 15.9 Å². The number of aromatic amines is 1. The van der Waals surface area contributed by atoms with Gasteiger partial charge in [-0.1, -0.05) is 41.1 Å². The van der Waals surface area contributed by atoms with Gasteiger partial charge in [-0.3, -0.25) is 14.8 Å². The molecule has 1 aliphatic rings. The summed E-state index contributed by atoms with van der Waals surface area (Å²) in [5.41, 5.74) is 3.51. The molecule has 1 saturated heterocycles. The molecule has 1 fully saturated rings. The number of nitrogens with zero attached hydrogens (tertiary/aromatic N) is 6. The lowest BCUT2D eigenvalue weighted by Crippen LogP contribution is -2.47. The van der Waals surface area contributed by atoms with Gasteiger partial charge in [-0.25, -0.2) is 9.97 Å². The van der Waals surface area contributed by atoms with Crippen LogP contribution in [0.5, 0.6) is 0 Å². The molecular weight excluding hydrogens is 563 g/mol. The van der Waals surface area contributed by atoms with Crippen molar-refractivity contribution < 1.29 is 18.0 Å². The van der Waals surface area contributed by atoms with Crippen LogP contribution < -0.4 is 14.7 Å². The van der Waals surface area contributed by atoms with Crippen molar-refractivity contribution in [1.82, 2.24) is 20.2 Å². The van der Waals surface area contributed by atoms with E-state index in [1.165, 1.54) is 18.5 Å². The van der Waals surface area contributed by atoms with Crippen LogP contribution in [0.25, 0.3) is 11.0 Å². The summed E-state index contributed by atoms with van der Waals surface area (Å²) < 4.78 is 41.5. The quantitative estimate of drug-likeness (QED) is 0.330. The monoisotopic (exact) mass is 587 g/mol. The second-order valence-electron chi connectivity index (χ2n) is 8.96. The topological polar surface area (TPSA) is 81.2 Å². The summed E-state index contributed by atoms with van der Waals surface area (Å²) in [6.45, 7) is 6.44. The number of alkyl halides is 3. The summed E-state index contributed by atoms with van der Waals surface area (Å²) in [7, 11) is 0. The molecule has 0 aliphatic carbocycles. The van der Waals surface area contributed by atoms with E-state index in [1.54, 1.807) is 30.3 Å². The van der Waals surface area contributed by atoms with Gasteiger partial charge >= 0.3 is 12.1 Å². The van der Waals surface area contributed by atoms with Gasteiger partial charge in [-0.15, -0.1) is 0 Å². The minimum Gasteiger partial charge on any atom is -0.368 e. The second-order valence-corrected chi connectivity index (χ2v) is 9.82. The zero-order valence-corrected chi connectivity index (χ0v) is 22.3. The SMILES string of the molecule is CCc1n[nH]c2ncnc(N3CCN(c4cc(N(C(=O)C(F)(F)F)c5ccccc5)cc(Br)c4C)CC3)c12. The number of fused-ring (bicyclic) bond motifs is 1. The fourth-order valence-corrected chi connectivity index (χ4v) is 5.19. The normalized spacial score (nSPS) is 14.3. The molecule has 198 valence electrons. The van der Waals surface area contributed by atoms with Crippen molar-refractivity contribution in [2.75, 3.05) is 40.9 Å². The van der Waals surface area contributed by atoms with Crippen LogP contribution in [0.2, 0.25) is 0 Å². The molecule has 2 aromatic heterocycles. The van der Waals surface area contributed by atoms with Crippen molar-refractivity contribution in [2.24, 2.45) is 0 Å². The summed E-state index contributed by atoms with van der Waals surface area (Å²) in [4.78, 5) is 26.4. The molecule has 0 bridgehead atoms. The lowest BCUT2D eigenvalue weighted by molar-refractivity contribution is -0.169. The molecule has 0 unspecified atom stereocenters. The first kappa shape index (κ1) is 26.0. The van der Waals surface area contributed by atoms with E-state index in [1.807, 2.05) is 13.8 Å². The van der Waals surface area contributed by atoms with Gasteiger partial charge in [0.05, 0.1) is 16.8 Å². The third-order valence-corrected chi connectivity index (χ3v) is 7.51. The van der Waals surface area contributed by atoms with Gasteiger partial charge in [0.2, 0.25) is 0 Å². The number of halogens is 4. The molecule has 0 saturated carbocycles. The molecule has 0 atom stereocenters. The van der Waals surface area contributed by atoms with E-state index in [2.05, 4.69) is 45.9 Å². The predicted molar refractivity (Wildman–Crippen MR) is 144 cm³/mol. The van der Waals surface area contributed by atoms with Crippen LogP contribution in [-0.4, -0.2) is 58.4 Å². The van der Waals surface area contributed by atoms with E-state index in [4.69, 9.17) is 0 Å². The third-order valence-electron chi connectivity index (χ3n) is 6.69. The van der Waals surface area contributed by atoms with Crippen molar-refractivity contribution >= 4 is 55.8 Å². The molecule has 1 aliphatic heterocycles. The Morgan fingerprint density at radius 1 is 1.05 bits per heavy atom. The molecule has 12 heteroatoms. The number of para-hydroxylation sites is 1. The fraction of sp³-hybridized carbons (Fsp3) is 0.308. The van der Waals surface area contributed by atoms with Crippen LogP contribution in [0.4, 0.5) is 36.1 Å². The highest BCUT2D eigenvalue weighted by Crippen LogP contribution is 2.38. The maximum absolute atomic E-state index is 13.6. The molecule has 5 rings (SSSR count). The first-order chi connectivity index (χ1) is 18.2. The summed E-state index contributed by atoms with van der Waals surface area (Å²) in [5.74, 6) is -1.13. The van der Waals surface area contributed by atoms with Gasteiger partial charge < -0.3 is 9.80 Å². The molecule has 3 heterocycles. The highest BCUT2D eigenvalue weighted by Gasteiger charge is 2.44. The Morgan fingerprint density at radius 3 is 2.39 bits per heavy atom. The van der Waals surface area contributed by atoms with Crippen LogP contribution in [0.15, 0.2) is 53.3 Å². The molecule has 4 aromatic rings. The summed E-state index contributed by atoms with van der Waals surface area (Å²) in [5, 5.41) is 8.23. The number of nitrogens with one attached hydrogen (secondary N) is 1. The highest BCUT2D eigenvalue weighted by molar-refractivity contribution is 9.10. The van der Waals surface area contributed by atoms with Crippen molar-refractivity contribution in [1.29, 1.82) is 0 Å². The second kappa shape index (κ2) is 10.2. The lowest BCUT2D eigenvalue weighted by atomic mass is 10.1. The lowest BCUT2D eigenvalue weighted by Gasteiger charge is -2.38. The number of carbonyl (C=O) groups is 1. The van der Waals surface area contributed by atoms with Crippen molar-refractivity contribution in [3.63, 3.8) is 0 Å². The molecule has 2 aromatic carbocycles. The van der Waals surface area contributed by atoms with E-state index in [0.717, 1.165) is 34.6 Å². The van der Waals surface area contributed by atoms with E-state index < -0.39 is 12.1 Å². The molecule has 0 radical (unpaired) electrons. The zero-order chi connectivity index (χ0) is 27.0. The van der Waals surface area contributed by atoms with Crippen LogP contribution in [0.1, 0.15) is 18.2 Å². The fourth-order valence-electron chi connectivity index (χ4n) is 4.75. The Hall–Kier alpha value is -3.67. The number of amides is 1. The first-order valence-corrected chi connectivity index (χ1v) is 12.9.